The number of non-ortho nitro benzene ring substituents is 1. The molecule has 0 saturated heterocycles. The highest BCUT2D eigenvalue weighted by Gasteiger charge is 2.12. The summed E-state index contributed by atoms with van der Waals surface area (Å²) in [7, 11) is 3.07. The van der Waals surface area contributed by atoms with Crippen molar-refractivity contribution in [3.05, 3.63) is 68.9 Å². The maximum Gasteiger partial charge on any atom is 0.278 e. The normalized spacial score (nSPS) is 11.0. The Balaban J connectivity index is 1.96. The number of methoxy groups -OCH3 is 2. The van der Waals surface area contributed by atoms with E-state index < -0.39 is 4.92 Å². The Kier molecular flexibility index (Phi) is 5.04. The Morgan fingerprint density at radius 1 is 1.12 bits per heavy atom. The van der Waals surface area contributed by atoms with E-state index in [1.165, 1.54) is 13.2 Å². The average Bonchev–Trinajstić information content (AvgIpc) is 2.64. The average molecular weight is 371 g/mol. The number of nitro groups is 1. The Labute approximate surface area is 154 Å². The molecular weight excluding hydrogens is 356 g/mol. The van der Waals surface area contributed by atoms with E-state index in [-0.39, 0.29) is 5.69 Å². The molecule has 0 unspecified atom stereocenters. The second-order valence-electron chi connectivity index (χ2n) is 5.41. The van der Waals surface area contributed by atoms with Gasteiger partial charge in [-0.25, -0.2) is 4.98 Å². The second-order valence-corrected chi connectivity index (χ2v) is 5.82. The van der Waals surface area contributed by atoms with Crippen molar-refractivity contribution in [2.75, 3.05) is 14.2 Å². The lowest BCUT2D eigenvalue weighted by molar-refractivity contribution is -0.383. The lowest BCUT2D eigenvalue weighted by Crippen LogP contribution is -1.92. The molecule has 0 aliphatic heterocycles. The van der Waals surface area contributed by atoms with Gasteiger partial charge < -0.3 is 9.47 Å². The number of ether oxygens (including phenoxy) is 2. The lowest BCUT2D eigenvalue weighted by Gasteiger charge is -2.10. The van der Waals surface area contributed by atoms with Gasteiger partial charge in [-0.2, -0.15) is 0 Å². The van der Waals surface area contributed by atoms with Gasteiger partial charge in [0.2, 0.25) is 0 Å². The number of nitro benzene ring substituents is 1. The molecule has 0 spiro atoms. The minimum absolute atomic E-state index is 0.0391. The van der Waals surface area contributed by atoms with Crippen molar-refractivity contribution in [1.29, 1.82) is 0 Å². The molecule has 132 valence electrons. The molecule has 1 aromatic heterocycles. The first-order chi connectivity index (χ1) is 12.5. The van der Waals surface area contributed by atoms with E-state index in [4.69, 9.17) is 21.1 Å². The molecule has 2 aromatic carbocycles. The number of nitrogens with zero attached hydrogens (tertiary/aromatic N) is 2. The smallest absolute Gasteiger partial charge is 0.278 e. The predicted octanol–water partition coefficient (Wildman–Crippen LogP) is 4.98. The quantitative estimate of drug-likeness (QED) is 0.467. The molecule has 0 radical (unpaired) electrons. The Morgan fingerprint density at radius 3 is 2.62 bits per heavy atom. The molecular formula is C19H15ClN2O4. The van der Waals surface area contributed by atoms with Gasteiger partial charge in [-0.3, -0.25) is 10.1 Å². The van der Waals surface area contributed by atoms with Crippen LogP contribution in [0.1, 0.15) is 11.3 Å². The third-order valence-electron chi connectivity index (χ3n) is 3.83. The van der Waals surface area contributed by atoms with Crippen LogP contribution >= 0.6 is 11.6 Å². The van der Waals surface area contributed by atoms with Gasteiger partial charge in [0, 0.05) is 6.07 Å². The molecule has 0 aliphatic rings. The monoisotopic (exact) mass is 370 g/mol. The summed E-state index contributed by atoms with van der Waals surface area (Å²) in [5.74, 6) is 1.00. The minimum Gasteiger partial charge on any atom is -0.493 e. The molecule has 0 fully saturated rings. The van der Waals surface area contributed by atoms with Crippen molar-refractivity contribution in [1.82, 2.24) is 4.98 Å². The molecule has 0 atom stereocenters. The molecule has 0 amide bonds. The van der Waals surface area contributed by atoms with Crippen LogP contribution < -0.4 is 9.47 Å². The van der Waals surface area contributed by atoms with E-state index in [9.17, 15) is 10.1 Å². The summed E-state index contributed by atoms with van der Waals surface area (Å²) in [6.45, 7) is 0. The van der Waals surface area contributed by atoms with Crippen molar-refractivity contribution >= 4 is 40.3 Å². The number of halogens is 1. The zero-order chi connectivity index (χ0) is 18.7. The topological polar surface area (TPSA) is 74.5 Å². The van der Waals surface area contributed by atoms with Gasteiger partial charge in [-0.1, -0.05) is 23.7 Å². The van der Waals surface area contributed by atoms with E-state index in [1.807, 2.05) is 6.08 Å². The first kappa shape index (κ1) is 17.7. The molecule has 7 heteroatoms. The van der Waals surface area contributed by atoms with Crippen LogP contribution in [-0.4, -0.2) is 24.1 Å². The standard InChI is InChI=1S/C19H15ClN2O4/c1-25-18-11-12(10-15(20)19(18)26-2)6-7-13-8-9-14-16(21-13)4-3-5-17(14)22(23)24/h3-11H,1-2H3. The highest BCUT2D eigenvalue weighted by Crippen LogP contribution is 2.36. The predicted molar refractivity (Wildman–Crippen MR) is 102 cm³/mol. The molecule has 0 saturated carbocycles. The van der Waals surface area contributed by atoms with Crippen LogP contribution in [0, 0.1) is 10.1 Å². The number of rotatable bonds is 5. The molecule has 26 heavy (non-hydrogen) atoms. The lowest BCUT2D eigenvalue weighted by atomic mass is 10.1. The van der Waals surface area contributed by atoms with E-state index >= 15 is 0 Å². The van der Waals surface area contributed by atoms with Gasteiger partial charge in [0.05, 0.1) is 40.8 Å². The van der Waals surface area contributed by atoms with Gasteiger partial charge in [-0.05, 0) is 42.0 Å². The summed E-state index contributed by atoms with van der Waals surface area (Å²) in [6, 6.07) is 11.8. The maximum atomic E-state index is 11.1. The van der Waals surface area contributed by atoms with E-state index in [2.05, 4.69) is 4.98 Å². The van der Waals surface area contributed by atoms with Gasteiger partial charge >= 0.3 is 0 Å². The summed E-state index contributed by atoms with van der Waals surface area (Å²) in [5, 5.41) is 12.0. The van der Waals surface area contributed by atoms with Gasteiger partial charge in [0.15, 0.2) is 11.5 Å². The number of pyridine rings is 1. The molecule has 0 bridgehead atoms. The van der Waals surface area contributed by atoms with Crippen LogP contribution in [0.2, 0.25) is 5.02 Å². The van der Waals surface area contributed by atoms with Gasteiger partial charge in [-0.15, -0.1) is 0 Å². The highest BCUT2D eigenvalue weighted by atomic mass is 35.5. The number of fused-ring (bicyclic) bond motifs is 1. The zero-order valence-corrected chi connectivity index (χ0v) is 14.9. The van der Waals surface area contributed by atoms with Gasteiger partial charge in [0.1, 0.15) is 0 Å². The van der Waals surface area contributed by atoms with Crippen molar-refractivity contribution in [2.45, 2.75) is 0 Å². The number of benzene rings is 2. The number of hydrogen-bond acceptors (Lipinski definition) is 5. The van der Waals surface area contributed by atoms with Gasteiger partial charge in [0.25, 0.3) is 5.69 Å². The third kappa shape index (κ3) is 3.45. The van der Waals surface area contributed by atoms with E-state index in [1.54, 1.807) is 49.6 Å². The van der Waals surface area contributed by atoms with Crippen molar-refractivity contribution in [3.8, 4) is 11.5 Å². The zero-order valence-electron chi connectivity index (χ0n) is 14.1. The van der Waals surface area contributed by atoms with Crippen LogP contribution in [0.4, 0.5) is 5.69 Å². The van der Waals surface area contributed by atoms with Crippen molar-refractivity contribution < 1.29 is 14.4 Å². The molecule has 3 rings (SSSR count). The van der Waals surface area contributed by atoms with E-state index in [0.29, 0.717) is 33.1 Å². The van der Waals surface area contributed by atoms with Crippen molar-refractivity contribution in [2.24, 2.45) is 0 Å². The Bertz CT molecular complexity index is 1020. The van der Waals surface area contributed by atoms with E-state index in [0.717, 1.165) is 5.56 Å². The number of hydrogen-bond donors (Lipinski definition) is 0. The van der Waals surface area contributed by atoms with Crippen molar-refractivity contribution in [3.63, 3.8) is 0 Å². The van der Waals surface area contributed by atoms with Crippen LogP contribution in [0.5, 0.6) is 11.5 Å². The molecule has 1 heterocycles. The first-order valence-electron chi connectivity index (χ1n) is 7.67. The summed E-state index contributed by atoms with van der Waals surface area (Å²) in [6.07, 6.45) is 3.63. The largest absolute Gasteiger partial charge is 0.493 e. The fourth-order valence-corrected chi connectivity index (χ4v) is 2.92. The number of aromatic nitrogens is 1. The Hall–Kier alpha value is -3.12. The van der Waals surface area contributed by atoms with Crippen LogP contribution in [0.25, 0.3) is 23.1 Å². The minimum atomic E-state index is -0.412. The van der Waals surface area contributed by atoms with Crippen LogP contribution in [0.15, 0.2) is 42.5 Å². The molecule has 0 aliphatic carbocycles. The highest BCUT2D eigenvalue weighted by molar-refractivity contribution is 6.32. The summed E-state index contributed by atoms with van der Waals surface area (Å²) in [5.41, 5.74) is 2.08. The summed E-state index contributed by atoms with van der Waals surface area (Å²) >= 11 is 6.20. The fourth-order valence-electron chi connectivity index (χ4n) is 2.62. The fraction of sp³-hybridized carbons (Fsp3) is 0.105. The second kappa shape index (κ2) is 7.41. The molecule has 0 N–H and O–H groups in total. The summed E-state index contributed by atoms with van der Waals surface area (Å²) < 4.78 is 10.5. The molecule has 6 nitrogen and oxygen atoms in total. The SMILES string of the molecule is COc1cc(C=Cc2ccc3c([N+](=O)[O-])cccc3n2)cc(Cl)c1OC. The van der Waals surface area contributed by atoms with Crippen LogP contribution in [0.3, 0.4) is 0 Å². The van der Waals surface area contributed by atoms with Crippen LogP contribution in [-0.2, 0) is 0 Å². The third-order valence-corrected chi connectivity index (χ3v) is 4.11. The summed E-state index contributed by atoms with van der Waals surface area (Å²) in [4.78, 5) is 15.1. The maximum absolute atomic E-state index is 11.1. The Morgan fingerprint density at radius 2 is 1.92 bits per heavy atom. The first-order valence-corrected chi connectivity index (χ1v) is 8.05. The molecule has 3 aromatic rings.